The highest BCUT2D eigenvalue weighted by atomic mass is 16.5. The van der Waals surface area contributed by atoms with Crippen molar-refractivity contribution in [1.82, 2.24) is 30.1 Å². The largest absolute Gasteiger partial charge is 0.377 e. The van der Waals surface area contributed by atoms with E-state index < -0.39 is 0 Å². The minimum Gasteiger partial charge on any atom is -0.377 e. The van der Waals surface area contributed by atoms with Gasteiger partial charge in [-0.1, -0.05) is 42.0 Å². The van der Waals surface area contributed by atoms with Crippen LogP contribution < -0.4 is 5.56 Å². The van der Waals surface area contributed by atoms with E-state index in [1.165, 1.54) is 5.56 Å². The SMILES string of the molecule is Cc1cc(C)c2[nH]c(=O)c(CN(Cc3nnnn3Cc3ccccc3)C[C@H]3CCCO3)cc2c1. The highest BCUT2D eigenvalue weighted by molar-refractivity contribution is 5.82. The number of aromatic nitrogens is 5. The van der Waals surface area contributed by atoms with E-state index in [1.807, 2.05) is 35.9 Å². The second kappa shape index (κ2) is 9.87. The first-order valence-electron chi connectivity index (χ1n) is 11.8. The van der Waals surface area contributed by atoms with Crippen LogP contribution in [-0.2, 0) is 24.4 Å². The van der Waals surface area contributed by atoms with Crippen LogP contribution in [0.4, 0.5) is 0 Å². The van der Waals surface area contributed by atoms with E-state index in [0.29, 0.717) is 19.6 Å². The number of aryl methyl sites for hydroxylation is 2. The van der Waals surface area contributed by atoms with Gasteiger partial charge in [-0.15, -0.1) is 5.10 Å². The molecular formula is C26H30N6O2. The Morgan fingerprint density at radius 2 is 2.00 bits per heavy atom. The van der Waals surface area contributed by atoms with Crippen LogP contribution in [0.25, 0.3) is 10.9 Å². The highest BCUT2D eigenvalue weighted by Crippen LogP contribution is 2.20. The van der Waals surface area contributed by atoms with Gasteiger partial charge < -0.3 is 9.72 Å². The molecule has 2 aromatic heterocycles. The normalized spacial score (nSPS) is 16.0. The molecule has 34 heavy (non-hydrogen) atoms. The second-order valence-electron chi connectivity index (χ2n) is 9.21. The van der Waals surface area contributed by atoms with Crippen molar-refractivity contribution < 1.29 is 4.74 Å². The summed E-state index contributed by atoms with van der Waals surface area (Å²) >= 11 is 0. The van der Waals surface area contributed by atoms with Crippen molar-refractivity contribution >= 4 is 10.9 Å². The Bertz CT molecular complexity index is 1320. The highest BCUT2D eigenvalue weighted by Gasteiger charge is 2.22. The lowest BCUT2D eigenvalue weighted by Crippen LogP contribution is -2.34. The van der Waals surface area contributed by atoms with E-state index in [9.17, 15) is 4.79 Å². The van der Waals surface area contributed by atoms with Crippen molar-refractivity contribution in [1.29, 1.82) is 0 Å². The molecule has 1 saturated heterocycles. The molecule has 8 heteroatoms. The fraction of sp³-hybridized carbons (Fsp3) is 0.385. The monoisotopic (exact) mass is 458 g/mol. The first-order valence-corrected chi connectivity index (χ1v) is 11.8. The zero-order chi connectivity index (χ0) is 23.5. The lowest BCUT2D eigenvalue weighted by atomic mass is 10.0. The summed E-state index contributed by atoms with van der Waals surface area (Å²) in [5, 5.41) is 13.5. The van der Waals surface area contributed by atoms with Crippen LogP contribution in [0.5, 0.6) is 0 Å². The molecule has 4 aromatic rings. The number of nitrogens with one attached hydrogen (secondary N) is 1. The summed E-state index contributed by atoms with van der Waals surface area (Å²) in [6.07, 6.45) is 2.25. The maximum Gasteiger partial charge on any atom is 0.252 e. The van der Waals surface area contributed by atoms with Gasteiger partial charge in [0.25, 0.3) is 5.56 Å². The van der Waals surface area contributed by atoms with Gasteiger partial charge in [0.15, 0.2) is 5.82 Å². The number of hydrogen-bond donors (Lipinski definition) is 1. The van der Waals surface area contributed by atoms with Gasteiger partial charge in [-0.2, -0.15) is 0 Å². The molecule has 3 heterocycles. The summed E-state index contributed by atoms with van der Waals surface area (Å²) in [6.45, 7) is 7.25. The molecule has 8 nitrogen and oxygen atoms in total. The number of fused-ring (bicyclic) bond motifs is 1. The summed E-state index contributed by atoms with van der Waals surface area (Å²) < 4.78 is 7.74. The van der Waals surface area contributed by atoms with E-state index in [4.69, 9.17) is 4.74 Å². The maximum absolute atomic E-state index is 13.0. The first-order chi connectivity index (χ1) is 16.5. The molecule has 0 radical (unpaired) electrons. The predicted molar refractivity (Wildman–Crippen MR) is 130 cm³/mol. The third-order valence-electron chi connectivity index (χ3n) is 6.40. The molecule has 0 saturated carbocycles. The molecular weight excluding hydrogens is 428 g/mol. The predicted octanol–water partition coefficient (Wildman–Crippen LogP) is 3.36. The van der Waals surface area contributed by atoms with Crippen molar-refractivity contribution in [3.8, 4) is 0 Å². The van der Waals surface area contributed by atoms with Crippen LogP contribution >= 0.6 is 0 Å². The van der Waals surface area contributed by atoms with Gasteiger partial charge in [-0.05, 0) is 65.8 Å². The quantitative estimate of drug-likeness (QED) is 0.436. The molecule has 1 N–H and O–H groups in total. The smallest absolute Gasteiger partial charge is 0.252 e. The molecule has 1 atom stereocenters. The number of nitrogens with zero attached hydrogens (tertiary/aromatic N) is 5. The van der Waals surface area contributed by atoms with Gasteiger partial charge in [0, 0.05) is 25.3 Å². The van der Waals surface area contributed by atoms with Crippen LogP contribution in [0.2, 0.25) is 0 Å². The van der Waals surface area contributed by atoms with Crippen molar-refractivity contribution in [2.24, 2.45) is 0 Å². The second-order valence-corrected chi connectivity index (χ2v) is 9.21. The maximum atomic E-state index is 13.0. The molecule has 1 aliphatic rings. The Hall–Kier alpha value is -3.36. The Labute approximate surface area is 198 Å². The minimum absolute atomic E-state index is 0.0549. The summed E-state index contributed by atoms with van der Waals surface area (Å²) in [6, 6.07) is 16.4. The number of benzene rings is 2. The number of ether oxygens (including phenoxy) is 1. The van der Waals surface area contributed by atoms with E-state index >= 15 is 0 Å². The zero-order valence-electron chi connectivity index (χ0n) is 19.7. The third-order valence-corrected chi connectivity index (χ3v) is 6.40. The Balaban J connectivity index is 1.42. The number of rotatable bonds is 8. The van der Waals surface area contributed by atoms with E-state index in [1.54, 1.807) is 0 Å². The molecule has 2 aromatic carbocycles. The number of pyridine rings is 1. The number of tetrazole rings is 1. The molecule has 5 rings (SSSR count). The molecule has 0 bridgehead atoms. The van der Waals surface area contributed by atoms with E-state index in [2.05, 4.69) is 56.6 Å². The molecule has 0 spiro atoms. The van der Waals surface area contributed by atoms with Gasteiger partial charge in [0.1, 0.15) is 0 Å². The van der Waals surface area contributed by atoms with Crippen LogP contribution in [-0.4, -0.2) is 49.3 Å². The van der Waals surface area contributed by atoms with Crippen LogP contribution in [0.15, 0.2) is 53.3 Å². The molecule has 1 aliphatic heterocycles. The van der Waals surface area contributed by atoms with Gasteiger partial charge in [0.05, 0.1) is 24.7 Å². The standard InChI is InChI=1S/C26H30N6O2/c1-18-11-19(2)25-21(12-18)13-22(26(33)27-25)15-31(16-23-9-6-10-34-23)17-24-28-29-30-32(24)14-20-7-4-3-5-8-20/h3-5,7-8,11-13,23H,6,9-10,14-17H2,1-2H3,(H,27,33)/t23-/m1/s1. The molecule has 0 amide bonds. The topological polar surface area (TPSA) is 88.9 Å². The molecule has 176 valence electrons. The van der Waals surface area contributed by atoms with Crippen molar-refractivity contribution in [3.05, 3.63) is 87.0 Å². The third kappa shape index (κ3) is 5.08. The summed E-state index contributed by atoms with van der Waals surface area (Å²) in [7, 11) is 0. The van der Waals surface area contributed by atoms with Crippen LogP contribution in [0.1, 0.15) is 40.9 Å². The van der Waals surface area contributed by atoms with Crippen molar-refractivity contribution in [2.45, 2.75) is 52.4 Å². The lowest BCUT2D eigenvalue weighted by Gasteiger charge is -2.24. The Kier molecular flexibility index (Phi) is 6.51. The van der Waals surface area contributed by atoms with Gasteiger partial charge in [-0.25, -0.2) is 4.68 Å². The summed E-state index contributed by atoms with van der Waals surface area (Å²) in [5.41, 5.74) is 4.97. The first kappa shape index (κ1) is 22.4. The van der Waals surface area contributed by atoms with Gasteiger partial charge in [0.2, 0.25) is 0 Å². The fourth-order valence-electron chi connectivity index (χ4n) is 4.77. The van der Waals surface area contributed by atoms with Gasteiger partial charge >= 0.3 is 0 Å². The summed E-state index contributed by atoms with van der Waals surface area (Å²) in [4.78, 5) is 18.3. The number of H-pyrrole nitrogens is 1. The van der Waals surface area contributed by atoms with Gasteiger partial charge in [-0.3, -0.25) is 9.69 Å². The Morgan fingerprint density at radius 3 is 2.79 bits per heavy atom. The number of hydrogen-bond acceptors (Lipinski definition) is 6. The number of aromatic amines is 1. The van der Waals surface area contributed by atoms with E-state index in [-0.39, 0.29) is 11.7 Å². The summed E-state index contributed by atoms with van der Waals surface area (Å²) in [5.74, 6) is 0.769. The molecule has 0 unspecified atom stereocenters. The fourth-order valence-corrected chi connectivity index (χ4v) is 4.77. The van der Waals surface area contributed by atoms with Crippen LogP contribution in [0, 0.1) is 13.8 Å². The van der Waals surface area contributed by atoms with Crippen LogP contribution in [0.3, 0.4) is 0 Å². The average Bonchev–Trinajstić information content (AvgIpc) is 3.48. The van der Waals surface area contributed by atoms with Crippen molar-refractivity contribution in [3.63, 3.8) is 0 Å². The Morgan fingerprint density at radius 1 is 1.15 bits per heavy atom. The van der Waals surface area contributed by atoms with E-state index in [0.717, 1.165) is 59.4 Å². The molecule has 1 fully saturated rings. The zero-order valence-corrected chi connectivity index (χ0v) is 19.7. The average molecular weight is 459 g/mol. The molecule has 0 aliphatic carbocycles. The minimum atomic E-state index is -0.0549. The van der Waals surface area contributed by atoms with Crippen molar-refractivity contribution in [2.75, 3.05) is 13.2 Å². The lowest BCUT2D eigenvalue weighted by molar-refractivity contribution is 0.0663.